The van der Waals surface area contributed by atoms with E-state index in [1.165, 1.54) is 11.1 Å². The number of aromatic hydroxyl groups is 2. The first kappa shape index (κ1) is 59.4. The predicted octanol–water partition coefficient (Wildman–Crippen LogP) is 10.8. The van der Waals surface area contributed by atoms with E-state index in [0.717, 1.165) is 58.5 Å². The Bertz CT molecular complexity index is 3410. The lowest BCUT2D eigenvalue weighted by Gasteiger charge is -2.46. The number of carbonyl (C=O) groups is 2. The summed E-state index contributed by atoms with van der Waals surface area (Å²) in [5.41, 5.74) is 19.2. The molecule has 84 heavy (non-hydrogen) atoms. The smallest absolute Gasteiger partial charge is 0.165 e. The maximum absolute atomic E-state index is 14.5. The van der Waals surface area contributed by atoms with Gasteiger partial charge < -0.3 is 51.8 Å². The van der Waals surface area contributed by atoms with Crippen molar-refractivity contribution in [2.24, 2.45) is 52.4 Å². The number of ether oxygens (including phenoxy) is 1. The highest BCUT2D eigenvalue weighted by Gasteiger charge is 2.60. The van der Waals surface area contributed by atoms with Gasteiger partial charge in [-0.15, -0.1) is 0 Å². The lowest BCUT2D eigenvalue weighted by molar-refractivity contribution is -0.114. The predicted molar refractivity (Wildman–Crippen MR) is 337 cm³/mol. The van der Waals surface area contributed by atoms with E-state index in [4.69, 9.17) is 16.2 Å². The number of benzene rings is 4. The Kier molecular flexibility index (Phi) is 17.7. The SMILES string of the molecule is NC(N)c1cc2c3cc1CSSCC1CC4(C=CC(=O)CCc5ccc(O)c(c5)OCCc5ccc(O)c(c5)C3CC(=O)c3cc[nH]c3CC#C2)CC1(O)C1C=CC4CC2CC(O)(CO)CCCC3C2Cc2ccccc2C(CO)C3CSS1. The van der Waals surface area contributed by atoms with Gasteiger partial charge in [-0.3, -0.25) is 9.59 Å². The molecule has 1 aromatic heterocycles. The topological polar surface area (TPSA) is 233 Å². The summed E-state index contributed by atoms with van der Waals surface area (Å²) in [6.45, 7) is -0.104. The molecular formula is C68H77N3O9S4. The second-order valence-corrected chi connectivity index (χ2v) is 30.1. The van der Waals surface area contributed by atoms with E-state index < -0.39 is 28.7 Å². The molecule has 0 saturated heterocycles. The zero-order valence-corrected chi connectivity index (χ0v) is 50.6. The van der Waals surface area contributed by atoms with E-state index in [0.29, 0.717) is 85.3 Å². The quantitative estimate of drug-likeness (QED) is 0.0354. The number of phenols is 2. The van der Waals surface area contributed by atoms with Gasteiger partial charge in [-0.25, -0.2) is 0 Å². The third-order valence-corrected chi connectivity index (χ3v) is 25.4. The number of ketones is 2. The Hall–Kier alpha value is -4.90. The fourth-order valence-electron chi connectivity index (χ4n) is 15.8. The van der Waals surface area contributed by atoms with Crippen molar-refractivity contribution >= 4 is 54.7 Å². The molecule has 12 unspecified atom stereocenters. The standard InChI is InChI=1S/C68H77N3O9S4/c69-65(70)54-29-43-6-3-9-59-51(19-23-71-59)62(77)31-55-52(43)30-45(54)35-81-82-36-47-33-66(22-18-48(74)14-10-40-12-16-61(76)63(26-40)80-24-20-41-11-15-60(75)56(55)25-41)38-68(47,79)64-17-13-46(66)27-44-32-67(78,39-73)21-4-8-50-53(44)28-42-5-1-2-7-49(42)57(34-72)58(50)37-83-84-64/h1-2,5,7,11-13,15-19,22-23,25-26,29-30,44,46-47,50,53,55,57-58,64-65,71-73,75-76,78-79H,4,8-10,14,20-21,24,27-28,31-39,69-70H2. The van der Waals surface area contributed by atoms with Crippen LogP contribution in [0.5, 0.6) is 17.2 Å². The third kappa shape index (κ3) is 12.0. The Morgan fingerprint density at radius 3 is 2.48 bits per heavy atom. The summed E-state index contributed by atoms with van der Waals surface area (Å²) in [6.07, 6.45) is 15.9. The normalized spacial score (nSPS) is 31.8. The molecule has 2 saturated carbocycles. The first-order valence-electron chi connectivity index (χ1n) is 29.9. The average molecular weight is 1210 g/mol. The number of H-pyrrole nitrogens is 1. The van der Waals surface area contributed by atoms with Crippen LogP contribution in [-0.4, -0.2) is 95.0 Å². The molecule has 2 fully saturated rings. The highest BCUT2D eigenvalue weighted by atomic mass is 33.1. The number of hydrogen-bond donors (Lipinski definition) is 9. The van der Waals surface area contributed by atoms with Crippen molar-refractivity contribution in [2.75, 3.05) is 31.3 Å². The van der Waals surface area contributed by atoms with Crippen LogP contribution >= 0.6 is 43.2 Å². The lowest BCUT2D eigenvalue weighted by Crippen LogP contribution is -2.44. The fraction of sp³-hybridized carbons (Fsp3) is 0.471. The summed E-state index contributed by atoms with van der Waals surface area (Å²) in [5, 5.41) is 71.0. The minimum Gasteiger partial charge on any atom is -0.508 e. The first-order valence-corrected chi connectivity index (χ1v) is 34.8. The number of aromatic amines is 1. The van der Waals surface area contributed by atoms with Crippen molar-refractivity contribution < 1.29 is 45.0 Å². The summed E-state index contributed by atoms with van der Waals surface area (Å²) in [4.78, 5) is 32.1. The Morgan fingerprint density at radius 2 is 1.64 bits per heavy atom. The number of aromatic nitrogens is 1. The molecule has 12 rings (SSSR count). The van der Waals surface area contributed by atoms with Gasteiger partial charge in [0, 0.05) is 76.9 Å². The minimum atomic E-state index is -1.26. The summed E-state index contributed by atoms with van der Waals surface area (Å²) in [7, 11) is 6.90. The number of aliphatic hydroxyl groups is 4. The Morgan fingerprint density at radius 1 is 0.810 bits per heavy atom. The van der Waals surface area contributed by atoms with Gasteiger partial charge in [0.2, 0.25) is 0 Å². The molecule has 4 aromatic carbocycles. The number of rotatable bonds is 3. The molecule has 442 valence electrons. The number of fused-ring (bicyclic) bond motifs is 14. The molecule has 3 heterocycles. The monoisotopic (exact) mass is 1210 g/mol. The van der Waals surface area contributed by atoms with Crippen LogP contribution in [-0.2, 0) is 36.2 Å². The van der Waals surface area contributed by atoms with Gasteiger partial charge >= 0.3 is 0 Å². The molecule has 5 aromatic rings. The molecular weight excluding hydrogens is 1130 g/mol. The van der Waals surface area contributed by atoms with Crippen LogP contribution < -0.4 is 16.2 Å². The van der Waals surface area contributed by atoms with Crippen molar-refractivity contribution in [1.29, 1.82) is 0 Å². The first-order chi connectivity index (χ1) is 40.6. The van der Waals surface area contributed by atoms with Crippen molar-refractivity contribution in [3.63, 3.8) is 0 Å². The molecule has 12 nitrogen and oxygen atoms in total. The average Bonchev–Trinajstić information content (AvgIpc) is 1.76. The van der Waals surface area contributed by atoms with Gasteiger partial charge in [-0.2, -0.15) is 0 Å². The molecule has 15 bridgehead atoms. The third-order valence-electron chi connectivity index (χ3n) is 20.2. The van der Waals surface area contributed by atoms with Crippen LogP contribution in [0.2, 0.25) is 0 Å². The van der Waals surface area contributed by atoms with E-state index in [9.17, 15) is 40.2 Å². The summed E-state index contributed by atoms with van der Waals surface area (Å²) >= 11 is 0. The summed E-state index contributed by atoms with van der Waals surface area (Å²) in [6, 6.07) is 25.0. The van der Waals surface area contributed by atoms with Crippen molar-refractivity contribution in [2.45, 2.75) is 124 Å². The number of carbonyl (C=O) groups excluding carboxylic acids is 2. The van der Waals surface area contributed by atoms with Crippen molar-refractivity contribution in [1.82, 2.24) is 4.98 Å². The molecule has 16 heteroatoms. The van der Waals surface area contributed by atoms with Crippen LogP contribution in [0.4, 0.5) is 0 Å². The number of allylic oxidation sites excluding steroid dienone is 3. The van der Waals surface area contributed by atoms with E-state index >= 15 is 0 Å². The van der Waals surface area contributed by atoms with Gasteiger partial charge in [0.15, 0.2) is 23.1 Å². The van der Waals surface area contributed by atoms with Gasteiger partial charge in [0.1, 0.15) is 5.75 Å². The van der Waals surface area contributed by atoms with Crippen LogP contribution in [0.1, 0.15) is 142 Å². The fourth-order valence-corrected chi connectivity index (χ4v) is 21.6. The van der Waals surface area contributed by atoms with Gasteiger partial charge in [-0.05, 0) is 168 Å². The molecule has 11 N–H and O–H groups in total. The highest BCUT2D eigenvalue weighted by Crippen LogP contribution is 2.64. The Balaban J connectivity index is 0.944. The molecule has 1 spiro atoms. The van der Waals surface area contributed by atoms with Gasteiger partial charge in [-0.1, -0.05) is 128 Å². The number of nitrogens with two attached hydrogens (primary N) is 2. The van der Waals surface area contributed by atoms with Crippen LogP contribution in [0.15, 0.2) is 109 Å². The molecule has 0 amide bonds. The zero-order chi connectivity index (χ0) is 58.3. The van der Waals surface area contributed by atoms with Crippen LogP contribution in [0, 0.1) is 52.8 Å². The lowest BCUT2D eigenvalue weighted by atomic mass is 9.60. The van der Waals surface area contributed by atoms with Crippen molar-refractivity contribution in [3.8, 4) is 29.1 Å². The second kappa shape index (κ2) is 25.1. The second-order valence-electron chi connectivity index (χ2n) is 25.1. The van der Waals surface area contributed by atoms with Crippen LogP contribution in [0.3, 0.4) is 0 Å². The summed E-state index contributed by atoms with van der Waals surface area (Å²) < 4.78 is 6.27. The largest absolute Gasteiger partial charge is 0.508 e. The molecule has 5 aliphatic carbocycles. The van der Waals surface area contributed by atoms with Crippen molar-refractivity contribution in [3.05, 3.63) is 171 Å². The van der Waals surface area contributed by atoms with Gasteiger partial charge in [0.25, 0.3) is 0 Å². The van der Waals surface area contributed by atoms with E-state index in [2.05, 4.69) is 65.4 Å². The Labute approximate surface area is 508 Å². The maximum Gasteiger partial charge on any atom is 0.165 e. The highest BCUT2D eigenvalue weighted by molar-refractivity contribution is 8.77. The molecule has 7 aliphatic rings. The van der Waals surface area contributed by atoms with E-state index in [1.54, 1.807) is 79.7 Å². The number of Topliss-reactive ketones (excluding diaryl/α,β-unsaturated/α-hetero) is 1. The number of aryl methyl sites for hydroxylation is 1. The van der Waals surface area contributed by atoms with Gasteiger partial charge in [0.05, 0.1) is 48.9 Å². The maximum atomic E-state index is 14.5. The number of nitrogens with one attached hydrogen (secondary N) is 1. The summed E-state index contributed by atoms with van der Waals surface area (Å²) in [5.74, 6) is 8.27. The zero-order valence-electron chi connectivity index (χ0n) is 47.3. The van der Waals surface area contributed by atoms with E-state index in [-0.39, 0.29) is 102 Å². The molecule has 0 radical (unpaired) electrons. The number of phenolic OH excluding ortho intramolecular Hbond substituents is 2. The molecule has 12 atom stereocenters. The van der Waals surface area contributed by atoms with Crippen LogP contribution in [0.25, 0.3) is 0 Å². The molecule has 2 aliphatic heterocycles. The number of hydrogen-bond acceptors (Lipinski definition) is 15. The number of aliphatic hydroxyl groups excluding tert-OH is 2. The minimum absolute atomic E-state index is 0.0239. The van der Waals surface area contributed by atoms with E-state index in [1.807, 2.05) is 24.3 Å².